The van der Waals surface area contributed by atoms with Crippen molar-refractivity contribution in [2.45, 2.75) is 39.1 Å². The Bertz CT molecular complexity index is 1410. The van der Waals surface area contributed by atoms with Crippen molar-refractivity contribution in [3.05, 3.63) is 48.0 Å². The van der Waals surface area contributed by atoms with Gasteiger partial charge in [-0.15, -0.1) is 0 Å². The summed E-state index contributed by atoms with van der Waals surface area (Å²) < 4.78 is 74.1. The lowest BCUT2D eigenvalue weighted by atomic mass is 10.1. The summed E-state index contributed by atoms with van der Waals surface area (Å²) in [6.07, 6.45) is -1.66. The zero-order chi connectivity index (χ0) is 26.8. The van der Waals surface area contributed by atoms with Crippen molar-refractivity contribution in [3.63, 3.8) is 0 Å². The number of hydrogen-bond donors (Lipinski definition) is 2. The zero-order valence-electron chi connectivity index (χ0n) is 20.1. The van der Waals surface area contributed by atoms with Crippen LogP contribution in [0.1, 0.15) is 19.4 Å². The van der Waals surface area contributed by atoms with Crippen LogP contribution < -0.4 is 15.4 Å². The van der Waals surface area contributed by atoms with Crippen LogP contribution in [0.3, 0.4) is 0 Å². The predicted molar refractivity (Wildman–Crippen MR) is 130 cm³/mol. The highest BCUT2D eigenvalue weighted by atomic mass is 32.2. The normalized spacial score (nSPS) is 13.7. The van der Waals surface area contributed by atoms with Gasteiger partial charge in [0.25, 0.3) is 5.91 Å². The molecule has 1 heterocycles. The van der Waals surface area contributed by atoms with Crippen LogP contribution >= 0.6 is 0 Å². The standard InChI is InChI=1S/C23H25F4N5O3S/c1-12-8-16(32-36(4,5)34)10-18-20(12)21(29-11-28-18)31-17-7-6-15(24)9-19(17)35-13(2)22(33)30-14(3)23(25,26)27/h6-11,13-14H,1-5H3,(H,30,33)(H,28,29,31)/t13-,14-/m1/s1. The average molecular weight is 528 g/mol. The smallest absolute Gasteiger partial charge is 0.408 e. The Kier molecular flexibility index (Phi) is 7.72. The first-order chi connectivity index (χ1) is 16.6. The fourth-order valence-electron chi connectivity index (χ4n) is 3.26. The Balaban J connectivity index is 1.93. The number of carbonyl (C=O) groups excluding carboxylic acids is 1. The van der Waals surface area contributed by atoms with Gasteiger partial charge in [0.2, 0.25) is 0 Å². The van der Waals surface area contributed by atoms with Crippen LogP contribution in [0.25, 0.3) is 10.9 Å². The molecule has 13 heteroatoms. The Labute approximate surface area is 205 Å². The van der Waals surface area contributed by atoms with Gasteiger partial charge in [0.15, 0.2) is 6.10 Å². The molecule has 0 fully saturated rings. The summed E-state index contributed by atoms with van der Waals surface area (Å²) in [6.45, 7) is 3.85. The number of halogens is 4. The first-order valence-corrected chi connectivity index (χ1v) is 13.0. The minimum atomic E-state index is -4.62. The number of fused-ring (bicyclic) bond motifs is 1. The SMILES string of the molecule is Cc1cc(N=S(C)(C)=O)cc2ncnc(Nc3ccc(F)cc3O[C@H](C)C(=O)N[C@H](C)C(F)(F)F)c12. The Morgan fingerprint density at radius 2 is 1.83 bits per heavy atom. The third-order valence-corrected chi connectivity index (χ3v) is 5.62. The molecule has 2 N–H and O–H groups in total. The second-order valence-electron chi connectivity index (χ2n) is 8.45. The molecule has 1 amide bonds. The number of ether oxygens (including phenoxy) is 1. The van der Waals surface area contributed by atoms with Crippen LogP contribution in [-0.2, 0) is 14.5 Å². The van der Waals surface area contributed by atoms with Gasteiger partial charge in [-0.25, -0.2) is 18.6 Å². The van der Waals surface area contributed by atoms with Crippen molar-refractivity contribution in [1.29, 1.82) is 0 Å². The molecular formula is C23H25F4N5O3S. The molecule has 8 nitrogen and oxygen atoms in total. The summed E-state index contributed by atoms with van der Waals surface area (Å²) in [6, 6.07) is 4.80. The van der Waals surface area contributed by atoms with Crippen molar-refractivity contribution < 1.29 is 31.3 Å². The van der Waals surface area contributed by atoms with Crippen LogP contribution in [0.4, 0.5) is 34.8 Å². The molecule has 0 bridgehead atoms. The fourth-order valence-corrected chi connectivity index (χ4v) is 3.87. The molecule has 0 radical (unpaired) electrons. The first-order valence-electron chi connectivity index (χ1n) is 10.7. The third-order valence-electron chi connectivity index (χ3n) is 4.96. The molecular weight excluding hydrogens is 502 g/mol. The third kappa shape index (κ3) is 6.80. The molecule has 0 spiro atoms. The molecule has 0 unspecified atom stereocenters. The number of rotatable bonds is 7. The lowest BCUT2D eigenvalue weighted by Crippen LogP contribution is -2.47. The monoisotopic (exact) mass is 527 g/mol. The van der Waals surface area contributed by atoms with Gasteiger partial charge in [0.05, 0.1) is 16.9 Å². The number of amides is 1. The van der Waals surface area contributed by atoms with E-state index in [0.29, 0.717) is 22.4 Å². The van der Waals surface area contributed by atoms with Gasteiger partial charge in [0, 0.05) is 33.7 Å². The number of benzene rings is 2. The highest BCUT2D eigenvalue weighted by Crippen LogP contribution is 2.34. The van der Waals surface area contributed by atoms with Crippen LogP contribution in [0.2, 0.25) is 0 Å². The molecule has 0 aliphatic heterocycles. The summed E-state index contributed by atoms with van der Waals surface area (Å²) in [5, 5.41) is 5.45. The summed E-state index contributed by atoms with van der Waals surface area (Å²) >= 11 is 0. The van der Waals surface area contributed by atoms with Crippen molar-refractivity contribution in [2.24, 2.45) is 4.36 Å². The Hall–Kier alpha value is -3.48. The molecule has 194 valence electrons. The van der Waals surface area contributed by atoms with Gasteiger partial charge in [-0.05, 0) is 50.6 Å². The van der Waals surface area contributed by atoms with Crippen molar-refractivity contribution in [3.8, 4) is 5.75 Å². The first kappa shape index (κ1) is 27.1. The lowest BCUT2D eigenvalue weighted by Gasteiger charge is -2.22. The predicted octanol–water partition coefficient (Wildman–Crippen LogP) is 5.01. The molecule has 2 atom stereocenters. The van der Waals surface area contributed by atoms with E-state index in [2.05, 4.69) is 19.6 Å². The minimum absolute atomic E-state index is 0.106. The molecule has 3 rings (SSSR count). The van der Waals surface area contributed by atoms with Gasteiger partial charge in [-0.1, -0.05) is 0 Å². The number of alkyl halides is 3. The van der Waals surface area contributed by atoms with Crippen LogP contribution in [-0.4, -0.2) is 50.9 Å². The largest absolute Gasteiger partial charge is 0.479 e. The van der Waals surface area contributed by atoms with E-state index in [-0.39, 0.29) is 11.4 Å². The molecule has 2 aromatic carbocycles. The Morgan fingerprint density at radius 3 is 2.47 bits per heavy atom. The minimum Gasteiger partial charge on any atom is -0.479 e. The molecule has 0 aliphatic rings. The van der Waals surface area contributed by atoms with E-state index in [1.54, 1.807) is 19.1 Å². The van der Waals surface area contributed by atoms with E-state index in [1.165, 1.54) is 31.8 Å². The van der Waals surface area contributed by atoms with Crippen LogP contribution in [0.5, 0.6) is 5.75 Å². The number of hydrogen-bond acceptors (Lipinski definition) is 7. The maximum Gasteiger partial charge on any atom is 0.408 e. The van der Waals surface area contributed by atoms with Crippen molar-refractivity contribution in [1.82, 2.24) is 15.3 Å². The van der Waals surface area contributed by atoms with Crippen molar-refractivity contribution in [2.75, 3.05) is 17.8 Å². The summed E-state index contributed by atoms with van der Waals surface area (Å²) in [5.74, 6) is -1.47. The van der Waals surface area contributed by atoms with E-state index in [1.807, 2.05) is 5.32 Å². The zero-order valence-corrected chi connectivity index (χ0v) is 20.9. The van der Waals surface area contributed by atoms with E-state index in [0.717, 1.165) is 24.6 Å². The van der Waals surface area contributed by atoms with Gasteiger partial charge in [0.1, 0.15) is 29.8 Å². The summed E-state index contributed by atoms with van der Waals surface area (Å²) in [4.78, 5) is 20.7. The summed E-state index contributed by atoms with van der Waals surface area (Å²) in [5.41, 5.74) is 1.93. The lowest BCUT2D eigenvalue weighted by molar-refractivity contribution is -0.160. The molecule has 0 saturated heterocycles. The highest BCUT2D eigenvalue weighted by molar-refractivity contribution is 7.92. The number of aryl methyl sites for hydroxylation is 1. The second kappa shape index (κ2) is 10.2. The molecule has 0 saturated carbocycles. The van der Waals surface area contributed by atoms with Gasteiger partial charge in [-0.2, -0.15) is 17.5 Å². The maximum absolute atomic E-state index is 14.0. The number of anilines is 2. The quantitative estimate of drug-likeness (QED) is 0.419. The number of nitrogens with one attached hydrogen (secondary N) is 2. The number of nitrogens with zero attached hydrogens (tertiary/aromatic N) is 3. The number of carbonyl (C=O) groups is 1. The molecule has 0 aliphatic carbocycles. The van der Waals surface area contributed by atoms with Gasteiger partial charge in [-0.3, -0.25) is 4.79 Å². The van der Waals surface area contributed by atoms with Crippen LogP contribution in [0, 0.1) is 12.7 Å². The van der Waals surface area contributed by atoms with E-state index >= 15 is 0 Å². The Morgan fingerprint density at radius 1 is 1.14 bits per heavy atom. The molecule has 3 aromatic rings. The topological polar surface area (TPSA) is 106 Å². The van der Waals surface area contributed by atoms with Gasteiger partial charge >= 0.3 is 6.18 Å². The molecule has 36 heavy (non-hydrogen) atoms. The maximum atomic E-state index is 14.0. The van der Waals surface area contributed by atoms with E-state index in [4.69, 9.17) is 4.74 Å². The average Bonchev–Trinajstić information content (AvgIpc) is 2.73. The van der Waals surface area contributed by atoms with Crippen molar-refractivity contribution >= 4 is 43.7 Å². The molecule has 1 aromatic heterocycles. The number of aromatic nitrogens is 2. The van der Waals surface area contributed by atoms with Gasteiger partial charge < -0.3 is 15.4 Å². The van der Waals surface area contributed by atoms with E-state index < -0.39 is 39.8 Å². The van der Waals surface area contributed by atoms with Crippen LogP contribution in [0.15, 0.2) is 41.0 Å². The fraction of sp³-hybridized carbons (Fsp3) is 0.348. The van der Waals surface area contributed by atoms with E-state index in [9.17, 15) is 26.6 Å². The summed E-state index contributed by atoms with van der Waals surface area (Å²) in [7, 11) is -2.40. The second-order valence-corrected chi connectivity index (χ2v) is 11.0. The highest BCUT2D eigenvalue weighted by Gasteiger charge is 2.38.